The van der Waals surface area contributed by atoms with E-state index in [1.807, 2.05) is 0 Å². The lowest BCUT2D eigenvalue weighted by molar-refractivity contribution is 0.0730. The molecule has 11 nitrogen and oxygen atoms in total. The number of morpholine rings is 1. The first-order valence-corrected chi connectivity index (χ1v) is 14.4. The number of amidine groups is 1. The molecule has 0 bridgehead atoms. The summed E-state index contributed by atoms with van der Waals surface area (Å²) in [6, 6.07) is 9.17. The molecule has 2 aromatic carbocycles. The van der Waals surface area contributed by atoms with Crippen LogP contribution in [-0.2, 0) is 24.8 Å². The second-order valence-corrected chi connectivity index (χ2v) is 12.0. The van der Waals surface area contributed by atoms with Gasteiger partial charge in [0.05, 0.1) is 34.3 Å². The second-order valence-electron chi connectivity index (χ2n) is 8.37. The Labute approximate surface area is 210 Å². The number of hydrogen-bond donors (Lipinski definition) is 2. The van der Waals surface area contributed by atoms with Crippen LogP contribution in [0.25, 0.3) is 0 Å². The van der Waals surface area contributed by atoms with E-state index in [4.69, 9.17) is 15.2 Å². The van der Waals surface area contributed by atoms with Crippen LogP contribution in [0.15, 0.2) is 57.2 Å². The van der Waals surface area contributed by atoms with Crippen LogP contribution in [0, 0.1) is 0 Å². The molecule has 2 aromatic rings. The maximum Gasteiger partial charge on any atom is 0.343 e. The van der Waals surface area contributed by atoms with Gasteiger partial charge in [0.2, 0.25) is 10.0 Å². The van der Waals surface area contributed by atoms with E-state index >= 15 is 0 Å². The van der Waals surface area contributed by atoms with Crippen molar-refractivity contribution in [2.75, 3.05) is 38.6 Å². The summed E-state index contributed by atoms with van der Waals surface area (Å²) in [5, 5.41) is 0. The minimum absolute atomic E-state index is 0.0178. The van der Waals surface area contributed by atoms with Gasteiger partial charge in [0, 0.05) is 26.1 Å². The molecule has 4 rings (SSSR count). The Morgan fingerprint density at radius 1 is 0.972 bits per heavy atom. The summed E-state index contributed by atoms with van der Waals surface area (Å²) in [7, 11) is -7.59. The van der Waals surface area contributed by atoms with Crippen molar-refractivity contribution >= 4 is 37.5 Å². The van der Waals surface area contributed by atoms with Gasteiger partial charge in [-0.05, 0) is 55.3 Å². The van der Waals surface area contributed by atoms with Gasteiger partial charge in [-0.2, -0.15) is 4.31 Å². The molecule has 2 aliphatic rings. The van der Waals surface area contributed by atoms with Crippen LogP contribution in [0.4, 0.5) is 5.69 Å². The number of aliphatic imine (C=N–C) groups is 1. The SMILES string of the molecule is Nc1cc(S(=O)(=O)NC2=NCCCCC2)ccc1OC(=O)c1ccc(S(=O)(=O)N2CCOCC2)cc1. The van der Waals surface area contributed by atoms with Crippen LogP contribution in [0.1, 0.15) is 36.0 Å². The summed E-state index contributed by atoms with van der Waals surface area (Å²) in [5.41, 5.74) is 6.04. The van der Waals surface area contributed by atoms with E-state index in [-0.39, 0.29) is 39.9 Å². The number of nitrogens with two attached hydrogens (primary N) is 1. The average molecular weight is 537 g/mol. The zero-order valence-electron chi connectivity index (χ0n) is 19.6. The molecule has 0 spiro atoms. The van der Waals surface area contributed by atoms with Gasteiger partial charge in [0.1, 0.15) is 5.84 Å². The molecular formula is C23H28N4O7S2. The smallest absolute Gasteiger partial charge is 0.343 e. The van der Waals surface area contributed by atoms with Crippen LogP contribution in [0.3, 0.4) is 0 Å². The van der Waals surface area contributed by atoms with Crippen molar-refractivity contribution in [2.45, 2.75) is 35.5 Å². The van der Waals surface area contributed by atoms with Gasteiger partial charge in [0.15, 0.2) is 5.75 Å². The van der Waals surface area contributed by atoms with Crippen molar-refractivity contribution in [3.63, 3.8) is 0 Å². The Balaban J connectivity index is 1.44. The number of carbonyl (C=O) groups excluding carboxylic acids is 1. The zero-order chi connectivity index (χ0) is 25.8. The van der Waals surface area contributed by atoms with Gasteiger partial charge in [0.25, 0.3) is 10.0 Å². The molecule has 0 atom stereocenters. The number of nitrogens with one attached hydrogen (secondary N) is 1. The van der Waals surface area contributed by atoms with E-state index in [0.717, 1.165) is 19.3 Å². The molecule has 2 aliphatic heterocycles. The fraction of sp³-hybridized carbons (Fsp3) is 0.391. The minimum atomic E-state index is -3.89. The molecule has 3 N–H and O–H groups in total. The number of hydrogen-bond acceptors (Lipinski definition) is 9. The van der Waals surface area contributed by atoms with Crippen molar-refractivity contribution in [3.8, 4) is 5.75 Å². The van der Waals surface area contributed by atoms with Crippen LogP contribution in [0.5, 0.6) is 5.75 Å². The van der Waals surface area contributed by atoms with Crippen molar-refractivity contribution in [2.24, 2.45) is 4.99 Å². The highest BCUT2D eigenvalue weighted by atomic mass is 32.2. The summed E-state index contributed by atoms with van der Waals surface area (Å²) < 4.78 is 65.3. The Bertz CT molecular complexity index is 1350. The van der Waals surface area contributed by atoms with E-state index in [2.05, 4.69) is 9.71 Å². The minimum Gasteiger partial charge on any atom is -0.421 e. The first-order chi connectivity index (χ1) is 17.2. The van der Waals surface area contributed by atoms with Crippen molar-refractivity contribution in [1.29, 1.82) is 0 Å². The molecule has 1 saturated heterocycles. The lowest BCUT2D eigenvalue weighted by Crippen LogP contribution is -2.40. The van der Waals surface area contributed by atoms with E-state index in [1.54, 1.807) is 0 Å². The number of carbonyl (C=O) groups is 1. The molecule has 1 fully saturated rings. The number of nitrogens with zero attached hydrogens (tertiary/aromatic N) is 2. The fourth-order valence-electron chi connectivity index (χ4n) is 3.82. The zero-order valence-corrected chi connectivity index (χ0v) is 21.2. The molecule has 13 heteroatoms. The average Bonchev–Trinajstić information content (AvgIpc) is 3.14. The Hall–Kier alpha value is -3.00. The van der Waals surface area contributed by atoms with Gasteiger partial charge in [-0.15, -0.1) is 0 Å². The van der Waals surface area contributed by atoms with Gasteiger partial charge in [-0.1, -0.05) is 6.42 Å². The lowest BCUT2D eigenvalue weighted by atomic mass is 10.2. The van der Waals surface area contributed by atoms with Crippen LogP contribution in [-0.4, -0.2) is 65.8 Å². The molecule has 0 unspecified atom stereocenters. The van der Waals surface area contributed by atoms with Gasteiger partial charge in [-0.3, -0.25) is 9.71 Å². The summed E-state index contributed by atoms with van der Waals surface area (Å²) in [6.07, 6.45) is 3.33. The fourth-order valence-corrected chi connectivity index (χ4v) is 6.35. The van der Waals surface area contributed by atoms with E-state index < -0.39 is 26.0 Å². The largest absolute Gasteiger partial charge is 0.421 e. The molecule has 36 heavy (non-hydrogen) atoms. The van der Waals surface area contributed by atoms with E-state index in [1.165, 1.54) is 46.8 Å². The van der Waals surface area contributed by atoms with Crippen molar-refractivity contribution < 1.29 is 31.1 Å². The molecular weight excluding hydrogens is 508 g/mol. The normalized spacial score (nSPS) is 17.6. The first-order valence-electron chi connectivity index (χ1n) is 11.5. The summed E-state index contributed by atoms with van der Waals surface area (Å²) in [4.78, 5) is 16.9. The van der Waals surface area contributed by atoms with Crippen molar-refractivity contribution in [1.82, 2.24) is 9.03 Å². The van der Waals surface area contributed by atoms with Gasteiger partial charge in [-0.25, -0.2) is 21.6 Å². The van der Waals surface area contributed by atoms with Crippen molar-refractivity contribution in [3.05, 3.63) is 48.0 Å². The monoisotopic (exact) mass is 536 g/mol. The topological polar surface area (TPSA) is 157 Å². The Morgan fingerprint density at radius 2 is 1.67 bits per heavy atom. The number of anilines is 1. The molecule has 0 radical (unpaired) electrons. The standard InChI is InChI=1S/C23H28N4O7S2/c24-20-16-19(35(29,30)26-22-4-2-1-3-11-25-22)9-10-21(20)34-23(28)17-5-7-18(8-6-17)36(31,32)27-12-14-33-15-13-27/h5-10,16H,1-4,11-15,24H2,(H,25,26). The number of rotatable bonds is 6. The highest BCUT2D eigenvalue weighted by molar-refractivity contribution is 7.90. The number of sulfonamides is 2. The predicted molar refractivity (Wildman–Crippen MR) is 133 cm³/mol. The highest BCUT2D eigenvalue weighted by Crippen LogP contribution is 2.26. The quantitative estimate of drug-likeness (QED) is 0.321. The maximum absolute atomic E-state index is 12.7. The highest BCUT2D eigenvalue weighted by Gasteiger charge is 2.26. The summed E-state index contributed by atoms with van der Waals surface area (Å²) in [6.45, 7) is 1.77. The van der Waals surface area contributed by atoms with Gasteiger partial charge >= 0.3 is 5.97 Å². The van der Waals surface area contributed by atoms with Crippen LogP contribution >= 0.6 is 0 Å². The molecule has 0 saturated carbocycles. The second kappa shape index (κ2) is 10.9. The van der Waals surface area contributed by atoms with Gasteiger partial charge < -0.3 is 15.2 Å². The molecule has 194 valence electrons. The molecule has 0 aromatic heterocycles. The predicted octanol–water partition coefficient (Wildman–Crippen LogP) is 1.76. The maximum atomic E-state index is 12.7. The van der Waals surface area contributed by atoms with E-state index in [0.29, 0.717) is 32.0 Å². The molecule has 0 amide bonds. The Kier molecular flexibility index (Phi) is 7.93. The number of nitrogen functional groups attached to an aromatic ring is 1. The van der Waals surface area contributed by atoms with Crippen LogP contribution in [0.2, 0.25) is 0 Å². The third-order valence-electron chi connectivity index (χ3n) is 5.82. The molecule has 2 heterocycles. The van der Waals surface area contributed by atoms with Crippen LogP contribution < -0.4 is 15.2 Å². The number of ether oxygens (including phenoxy) is 2. The number of esters is 1. The summed E-state index contributed by atoms with van der Waals surface area (Å²) >= 11 is 0. The van der Waals surface area contributed by atoms with E-state index in [9.17, 15) is 21.6 Å². The lowest BCUT2D eigenvalue weighted by Gasteiger charge is -2.26. The number of benzene rings is 2. The first kappa shape index (κ1) is 26.1. The third-order valence-corrected chi connectivity index (χ3v) is 9.11. The third kappa shape index (κ3) is 6.03. The molecule has 0 aliphatic carbocycles. The Morgan fingerprint density at radius 3 is 2.36 bits per heavy atom. The summed E-state index contributed by atoms with van der Waals surface area (Å²) in [5.74, 6) is -0.366.